The Labute approximate surface area is 95.3 Å². The Bertz CT molecular complexity index is 199. The quantitative estimate of drug-likeness (QED) is 0.636. The van der Waals surface area contributed by atoms with Gasteiger partial charge in [-0.1, -0.05) is 52.4 Å². The maximum Gasteiger partial charge on any atom is 0.115 e. The molecule has 0 bridgehead atoms. The summed E-state index contributed by atoms with van der Waals surface area (Å²) in [5.74, 6) is 6.98. The van der Waals surface area contributed by atoms with Crippen molar-refractivity contribution in [1.29, 1.82) is 0 Å². The molecule has 0 saturated heterocycles. The molecule has 0 spiro atoms. The third-order valence-corrected chi connectivity index (χ3v) is 3.03. The zero-order chi connectivity index (χ0) is 11.7. The number of hydrogen-bond donors (Lipinski definition) is 1. The average Bonchev–Trinajstić information content (AvgIpc) is 2.17. The summed E-state index contributed by atoms with van der Waals surface area (Å²) in [6, 6.07) is 0. The highest BCUT2D eigenvalue weighted by molar-refractivity contribution is 5.01. The molecule has 0 heterocycles. The maximum atomic E-state index is 9.50. The highest BCUT2D eigenvalue weighted by Crippen LogP contribution is 2.18. The van der Waals surface area contributed by atoms with Crippen molar-refractivity contribution >= 4 is 0 Å². The number of aliphatic hydroxyl groups excluding tert-OH is 1. The Morgan fingerprint density at radius 2 is 1.73 bits per heavy atom. The van der Waals surface area contributed by atoms with E-state index < -0.39 is 6.10 Å². The van der Waals surface area contributed by atoms with E-state index in [0.29, 0.717) is 5.92 Å². The van der Waals surface area contributed by atoms with E-state index in [1.54, 1.807) is 6.92 Å². The third kappa shape index (κ3) is 8.51. The average molecular weight is 210 g/mol. The van der Waals surface area contributed by atoms with Crippen LogP contribution in [-0.2, 0) is 0 Å². The Hall–Kier alpha value is -0.480. The van der Waals surface area contributed by atoms with Crippen LogP contribution in [0.1, 0.15) is 59.8 Å². The molecule has 0 radical (unpaired) electrons. The fourth-order valence-electron chi connectivity index (χ4n) is 1.74. The van der Waals surface area contributed by atoms with Crippen molar-refractivity contribution in [3.63, 3.8) is 0 Å². The predicted octanol–water partition coefficient (Wildman–Crippen LogP) is 3.61. The second-order valence-corrected chi connectivity index (χ2v) is 4.70. The van der Waals surface area contributed by atoms with E-state index in [2.05, 4.69) is 32.6 Å². The van der Waals surface area contributed by atoms with Crippen LogP contribution in [0.4, 0.5) is 0 Å². The molecule has 88 valence electrons. The summed E-state index contributed by atoms with van der Waals surface area (Å²) in [4.78, 5) is 0. The van der Waals surface area contributed by atoms with Crippen molar-refractivity contribution in [2.24, 2.45) is 11.8 Å². The summed E-state index contributed by atoms with van der Waals surface area (Å²) in [6.45, 7) is 8.53. The molecule has 0 aromatic heterocycles. The van der Waals surface area contributed by atoms with E-state index in [9.17, 15) is 5.11 Å². The smallest absolute Gasteiger partial charge is 0.115 e. The molecule has 0 rings (SSSR count). The fraction of sp³-hybridized carbons (Fsp3) is 0.857. The first-order chi connectivity index (χ1) is 7.10. The second kappa shape index (κ2) is 8.80. The molecule has 0 fully saturated rings. The normalized spacial score (nSPS) is 16.3. The molecule has 1 N–H and O–H groups in total. The SMILES string of the molecule is CC#CC(O)CC(C)CCCC(C)CC. The summed E-state index contributed by atoms with van der Waals surface area (Å²) in [6.07, 6.45) is 5.49. The molecule has 3 unspecified atom stereocenters. The van der Waals surface area contributed by atoms with E-state index in [-0.39, 0.29) is 0 Å². The molecular formula is C14H26O. The molecule has 0 saturated carbocycles. The van der Waals surface area contributed by atoms with Crippen molar-refractivity contribution in [3.8, 4) is 11.8 Å². The Balaban J connectivity index is 3.55. The molecule has 0 aliphatic heterocycles. The van der Waals surface area contributed by atoms with Crippen LogP contribution in [0.3, 0.4) is 0 Å². The van der Waals surface area contributed by atoms with Gasteiger partial charge in [0.25, 0.3) is 0 Å². The summed E-state index contributed by atoms with van der Waals surface area (Å²) in [7, 11) is 0. The topological polar surface area (TPSA) is 20.2 Å². The number of hydrogen-bond acceptors (Lipinski definition) is 1. The molecule has 0 amide bonds. The van der Waals surface area contributed by atoms with Gasteiger partial charge in [-0.3, -0.25) is 0 Å². The van der Waals surface area contributed by atoms with Crippen molar-refractivity contribution in [3.05, 3.63) is 0 Å². The van der Waals surface area contributed by atoms with Crippen LogP contribution in [0.15, 0.2) is 0 Å². The first kappa shape index (κ1) is 14.5. The summed E-state index contributed by atoms with van der Waals surface area (Å²) < 4.78 is 0. The van der Waals surface area contributed by atoms with Crippen LogP contribution < -0.4 is 0 Å². The van der Waals surface area contributed by atoms with Gasteiger partial charge in [0.15, 0.2) is 0 Å². The zero-order valence-corrected chi connectivity index (χ0v) is 10.7. The maximum absolute atomic E-state index is 9.50. The minimum atomic E-state index is -0.423. The lowest BCUT2D eigenvalue weighted by atomic mass is 9.94. The van der Waals surface area contributed by atoms with Gasteiger partial charge in [0.2, 0.25) is 0 Å². The van der Waals surface area contributed by atoms with Gasteiger partial charge >= 0.3 is 0 Å². The molecule has 15 heavy (non-hydrogen) atoms. The lowest BCUT2D eigenvalue weighted by Gasteiger charge is -2.14. The van der Waals surface area contributed by atoms with Gasteiger partial charge in [0.05, 0.1) is 0 Å². The number of aliphatic hydroxyl groups is 1. The first-order valence-corrected chi connectivity index (χ1v) is 6.20. The van der Waals surface area contributed by atoms with Gasteiger partial charge < -0.3 is 5.11 Å². The second-order valence-electron chi connectivity index (χ2n) is 4.70. The standard InChI is InChI=1S/C14H26O/c1-5-8-14(15)11-13(4)10-7-9-12(3)6-2/h12-15H,6-7,9-11H2,1-4H3. The molecule has 0 aliphatic rings. The first-order valence-electron chi connectivity index (χ1n) is 6.20. The van der Waals surface area contributed by atoms with Crippen molar-refractivity contribution in [2.75, 3.05) is 0 Å². The molecule has 1 heteroatoms. The predicted molar refractivity (Wildman–Crippen MR) is 66.5 cm³/mol. The van der Waals surface area contributed by atoms with Gasteiger partial charge in [-0.2, -0.15) is 0 Å². The molecule has 1 nitrogen and oxygen atoms in total. The van der Waals surface area contributed by atoms with Crippen molar-refractivity contribution in [1.82, 2.24) is 0 Å². The van der Waals surface area contributed by atoms with Gasteiger partial charge in [-0.25, -0.2) is 0 Å². The van der Waals surface area contributed by atoms with Crippen LogP contribution in [-0.4, -0.2) is 11.2 Å². The zero-order valence-electron chi connectivity index (χ0n) is 10.7. The number of rotatable bonds is 7. The molecule has 0 aromatic rings. The van der Waals surface area contributed by atoms with Gasteiger partial charge in [0.1, 0.15) is 6.10 Å². The van der Waals surface area contributed by atoms with E-state index in [1.165, 1.54) is 25.7 Å². The third-order valence-electron chi connectivity index (χ3n) is 3.03. The van der Waals surface area contributed by atoms with Crippen molar-refractivity contribution < 1.29 is 5.11 Å². The van der Waals surface area contributed by atoms with E-state index in [0.717, 1.165) is 12.3 Å². The summed E-state index contributed by atoms with van der Waals surface area (Å²) >= 11 is 0. The van der Waals surface area contributed by atoms with Crippen molar-refractivity contribution in [2.45, 2.75) is 65.9 Å². The van der Waals surface area contributed by atoms with E-state index in [1.807, 2.05) is 0 Å². The highest BCUT2D eigenvalue weighted by Gasteiger charge is 2.08. The van der Waals surface area contributed by atoms with Crippen LogP contribution in [0.25, 0.3) is 0 Å². The lowest BCUT2D eigenvalue weighted by Crippen LogP contribution is -2.09. The van der Waals surface area contributed by atoms with E-state index >= 15 is 0 Å². The van der Waals surface area contributed by atoms with Crippen LogP contribution in [0.2, 0.25) is 0 Å². The molecular weight excluding hydrogens is 184 g/mol. The van der Waals surface area contributed by atoms with Crippen LogP contribution >= 0.6 is 0 Å². The minimum Gasteiger partial charge on any atom is -0.380 e. The summed E-state index contributed by atoms with van der Waals surface area (Å²) in [5.41, 5.74) is 0. The monoisotopic (exact) mass is 210 g/mol. The lowest BCUT2D eigenvalue weighted by molar-refractivity contribution is 0.195. The van der Waals surface area contributed by atoms with Gasteiger partial charge in [-0.15, -0.1) is 5.92 Å². The molecule has 0 aromatic carbocycles. The van der Waals surface area contributed by atoms with Crippen LogP contribution in [0, 0.1) is 23.7 Å². The Morgan fingerprint density at radius 3 is 2.27 bits per heavy atom. The van der Waals surface area contributed by atoms with Crippen LogP contribution in [0.5, 0.6) is 0 Å². The fourth-order valence-corrected chi connectivity index (χ4v) is 1.74. The summed E-state index contributed by atoms with van der Waals surface area (Å²) in [5, 5.41) is 9.50. The largest absolute Gasteiger partial charge is 0.380 e. The van der Waals surface area contributed by atoms with E-state index in [4.69, 9.17) is 0 Å². The highest BCUT2D eigenvalue weighted by atomic mass is 16.3. The Morgan fingerprint density at radius 1 is 1.13 bits per heavy atom. The minimum absolute atomic E-state index is 0.423. The molecule has 0 aliphatic carbocycles. The Kier molecular flexibility index (Phi) is 8.52. The molecule has 3 atom stereocenters. The van der Waals surface area contributed by atoms with Gasteiger partial charge in [-0.05, 0) is 25.2 Å². The van der Waals surface area contributed by atoms with Gasteiger partial charge in [0, 0.05) is 0 Å².